The van der Waals surface area contributed by atoms with Gasteiger partial charge in [0, 0.05) is 12.1 Å². The molecule has 19 heavy (non-hydrogen) atoms. The molecule has 0 saturated heterocycles. The highest BCUT2D eigenvalue weighted by Gasteiger charge is 2.06. The van der Waals surface area contributed by atoms with Crippen LogP contribution in [0.3, 0.4) is 0 Å². The van der Waals surface area contributed by atoms with Crippen molar-refractivity contribution < 1.29 is 9.52 Å². The number of hydrogen-bond acceptors (Lipinski definition) is 4. The Kier molecular flexibility index (Phi) is 4.71. The van der Waals surface area contributed by atoms with Crippen molar-refractivity contribution in [1.29, 1.82) is 0 Å². The molecule has 0 fully saturated rings. The number of aromatic nitrogens is 1. The minimum Gasteiger partial charge on any atom is -0.444 e. The van der Waals surface area contributed by atoms with Crippen LogP contribution in [0.2, 0.25) is 0 Å². The number of aliphatic hydroxyl groups is 1. The van der Waals surface area contributed by atoms with Crippen LogP contribution in [-0.4, -0.2) is 22.7 Å². The average Bonchev–Trinajstić information content (AvgIpc) is 2.84. The van der Waals surface area contributed by atoms with E-state index in [1.165, 1.54) is 5.56 Å². The van der Waals surface area contributed by atoms with Crippen molar-refractivity contribution in [2.45, 2.75) is 32.9 Å². The van der Waals surface area contributed by atoms with E-state index in [1.54, 1.807) is 13.2 Å². The predicted octanol–water partition coefficient (Wildman–Crippen LogP) is 2.51. The van der Waals surface area contributed by atoms with Crippen LogP contribution in [0.25, 0.3) is 11.5 Å². The van der Waals surface area contributed by atoms with Gasteiger partial charge in [0.15, 0.2) is 0 Å². The van der Waals surface area contributed by atoms with Gasteiger partial charge in [0.05, 0.1) is 11.8 Å². The van der Waals surface area contributed by atoms with Crippen LogP contribution in [0.15, 0.2) is 34.9 Å². The number of nitrogens with one attached hydrogen (secondary N) is 1. The Labute approximate surface area is 113 Å². The van der Waals surface area contributed by atoms with Gasteiger partial charge in [-0.25, -0.2) is 4.98 Å². The second-order valence-corrected chi connectivity index (χ2v) is 4.82. The molecule has 0 amide bonds. The summed E-state index contributed by atoms with van der Waals surface area (Å²) in [4.78, 5) is 4.44. The zero-order chi connectivity index (χ0) is 13.7. The molecule has 1 aromatic heterocycles. The van der Waals surface area contributed by atoms with Crippen LogP contribution in [0, 0.1) is 6.92 Å². The summed E-state index contributed by atoms with van der Waals surface area (Å²) >= 11 is 0. The second kappa shape index (κ2) is 6.50. The molecule has 2 N–H and O–H groups in total. The van der Waals surface area contributed by atoms with Gasteiger partial charge in [-0.3, -0.25) is 0 Å². The van der Waals surface area contributed by atoms with Crippen LogP contribution in [0.5, 0.6) is 0 Å². The van der Waals surface area contributed by atoms with E-state index in [2.05, 4.69) is 17.2 Å². The molecule has 0 saturated carbocycles. The number of oxazole rings is 1. The van der Waals surface area contributed by atoms with E-state index in [0.717, 1.165) is 24.2 Å². The Morgan fingerprint density at radius 3 is 2.74 bits per heavy atom. The van der Waals surface area contributed by atoms with Crippen LogP contribution in [-0.2, 0) is 6.54 Å². The first kappa shape index (κ1) is 13.8. The molecule has 0 aliphatic carbocycles. The smallest absolute Gasteiger partial charge is 0.226 e. The number of nitrogens with zero attached hydrogens (tertiary/aromatic N) is 1. The second-order valence-electron chi connectivity index (χ2n) is 4.82. The molecule has 1 atom stereocenters. The molecule has 0 aliphatic rings. The zero-order valence-corrected chi connectivity index (χ0v) is 11.4. The minimum absolute atomic E-state index is 0.270. The van der Waals surface area contributed by atoms with Gasteiger partial charge in [0.2, 0.25) is 5.89 Å². The Balaban J connectivity index is 1.90. The lowest BCUT2D eigenvalue weighted by molar-refractivity contribution is 0.183. The largest absolute Gasteiger partial charge is 0.444 e. The molecule has 1 heterocycles. The summed E-state index contributed by atoms with van der Waals surface area (Å²) in [5.41, 5.74) is 3.08. The molecule has 0 bridgehead atoms. The molecule has 1 unspecified atom stereocenters. The molecule has 0 aliphatic heterocycles. The molecule has 1 aromatic carbocycles. The SMILES string of the molecule is Cc1ccc(-c2nc(CNCCC(C)O)co2)cc1. The van der Waals surface area contributed by atoms with Crippen molar-refractivity contribution in [3.8, 4) is 11.5 Å². The van der Waals surface area contributed by atoms with Crippen molar-refractivity contribution in [2.75, 3.05) is 6.54 Å². The average molecular weight is 260 g/mol. The summed E-state index contributed by atoms with van der Waals surface area (Å²) in [6.07, 6.45) is 2.14. The lowest BCUT2D eigenvalue weighted by Crippen LogP contribution is -2.18. The Morgan fingerprint density at radius 2 is 2.05 bits per heavy atom. The number of benzene rings is 1. The number of aliphatic hydroxyl groups excluding tert-OH is 1. The van der Waals surface area contributed by atoms with Gasteiger partial charge in [-0.1, -0.05) is 17.7 Å². The fourth-order valence-corrected chi connectivity index (χ4v) is 1.74. The van der Waals surface area contributed by atoms with E-state index >= 15 is 0 Å². The van der Waals surface area contributed by atoms with Crippen LogP contribution >= 0.6 is 0 Å². The molecule has 0 spiro atoms. The predicted molar refractivity (Wildman–Crippen MR) is 74.7 cm³/mol. The quantitative estimate of drug-likeness (QED) is 0.784. The highest BCUT2D eigenvalue weighted by atomic mass is 16.3. The van der Waals surface area contributed by atoms with E-state index < -0.39 is 0 Å². The van der Waals surface area contributed by atoms with Crippen molar-refractivity contribution in [2.24, 2.45) is 0 Å². The standard InChI is InChI=1S/C15H20N2O2/c1-11-3-5-13(6-4-11)15-17-14(10-19-15)9-16-8-7-12(2)18/h3-6,10,12,16,18H,7-9H2,1-2H3. The molecule has 4 heteroatoms. The van der Waals surface area contributed by atoms with Gasteiger partial charge >= 0.3 is 0 Å². The van der Waals surface area contributed by atoms with Gasteiger partial charge in [0.25, 0.3) is 0 Å². The lowest BCUT2D eigenvalue weighted by Gasteiger charge is -2.04. The summed E-state index contributed by atoms with van der Waals surface area (Å²) < 4.78 is 5.47. The Morgan fingerprint density at radius 1 is 1.32 bits per heavy atom. The highest BCUT2D eigenvalue weighted by molar-refractivity contribution is 5.53. The van der Waals surface area contributed by atoms with E-state index in [4.69, 9.17) is 9.52 Å². The minimum atomic E-state index is -0.270. The van der Waals surface area contributed by atoms with Crippen molar-refractivity contribution in [3.05, 3.63) is 41.8 Å². The van der Waals surface area contributed by atoms with E-state index in [-0.39, 0.29) is 6.10 Å². The third-order valence-electron chi connectivity index (χ3n) is 2.90. The summed E-state index contributed by atoms with van der Waals surface area (Å²) in [5, 5.41) is 12.4. The van der Waals surface area contributed by atoms with Crippen LogP contribution < -0.4 is 5.32 Å². The Bertz CT molecular complexity index is 503. The van der Waals surface area contributed by atoms with Crippen molar-refractivity contribution >= 4 is 0 Å². The third-order valence-corrected chi connectivity index (χ3v) is 2.90. The summed E-state index contributed by atoms with van der Waals surface area (Å²) in [6.45, 7) is 5.26. The van der Waals surface area contributed by atoms with Crippen molar-refractivity contribution in [1.82, 2.24) is 10.3 Å². The fourth-order valence-electron chi connectivity index (χ4n) is 1.74. The summed E-state index contributed by atoms with van der Waals surface area (Å²) in [7, 11) is 0. The maximum atomic E-state index is 9.15. The van der Waals surface area contributed by atoms with Gasteiger partial charge in [-0.15, -0.1) is 0 Å². The first-order chi connectivity index (χ1) is 9.15. The zero-order valence-electron chi connectivity index (χ0n) is 11.4. The van der Waals surface area contributed by atoms with Gasteiger partial charge in [-0.05, 0) is 38.9 Å². The molecule has 4 nitrogen and oxygen atoms in total. The van der Waals surface area contributed by atoms with Crippen LogP contribution in [0.4, 0.5) is 0 Å². The van der Waals surface area contributed by atoms with Crippen LogP contribution in [0.1, 0.15) is 24.6 Å². The number of aryl methyl sites for hydroxylation is 1. The number of rotatable bonds is 6. The first-order valence-corrected chi connectivity index (χ1v) is 6.55. The van der Waals surface area contributed by atoms with Gasteiger partial charge in [0.1, 0.15) is 6.26 Å². The third kappa shape index (κ3) is 4.19. The molecular formula is C15H20N2O2. The lowest BCUT2D eigenvalue weighted by atomic mass is 10.1. The topological polar surface area (TPSA) is 58.3 Å². The monoisotopic (exact) mass is 260 g/mol. The normalized spacial score (nSPS) is 12.6. The molecule has 2 rings (SSSR count). The molecular weight excluding hydrogens is 240 g/mol. The van der Waals surface area contributed by atoms with E-state index in [0.29, 0.717) is 12.4 Å². The Hall–Kier alpha value is -1.65. The van der Waals surface area contributed by atoms with Gasteiger partial charge in [-0.2, -0.15) is 0 Å². The summed E-state index contributed by atoms with van der Waals surface area (Å²) in [5.74, 6) is 0.646. The molecule has 2 aromatic rings. The number of hydrogen-bond donors (Lipinski definition) is 2. The highest BCUT2D eigenvalue weighted by Crippen LogP contribution is 2.18. The molecule has 0 radical (unpaired) electrons. The van der Waals surface area contributed by atoms with E-state index in [9.17, 15) is 0 Å². The summed E-state index contributed by atoms with van der Waals surface area (Å²) in [6, 6.07) is 8.10. The fraction of sp³-hybridized carbons (Fsp3) is 0.400. The maximum absolute atomic E-state index is 9.15. The van der Waals surface area contributed by atoms with E-state index in [1.807, 2.05) is 24.3 Å². The maximum Gasteiger partial charge on any atom is 0.226 e. The van der Waals surface area contributed by atoms with Crippen molar-refractivity contribution in [3.63, 3.8) is 0 Å². The first-order valence-electron chi connectivity index (χ1n) is 6.55. The molecule has 102 valence electrons. The van der Waals surface area contributed by atoms with Gasteiger partial charge < -0.3 is 14.8 Å².